The van der Waals surface area contributed by atoms with Crippen LogP contribution in [0.25, 0.3) is 0 Å². The van der Waals surface area contributed by atoms with Crippen LogP contribution in [0.2, 0.25) is 0 Å². The van der Waals surface area contributed by atoms with Crippen LogP contribution < -0.4 is 11.1 Å². The van der Waals surface area contributed by atoms with Gasteiger partial charge in [0.2, 0.25) is 0 Å². The van der Waals surface area contributed by atoms with Gasteiger partial charge in [-0.25, -0.2) is 0 Å². The number of nitriles is 1. The van der Waals surface area contributed by atoms with E-state index in [1.807, 2.05) is 13.8 Å². The number of nitrogen functional groups attached to an aromatic ring is 1. The molecule has 0 atom stereocenters. The normalized spacial score (nSPS) is 9.67. The lowest BCUT2D eigenvalue weighted by molar-refractivity contribution is 0.755. The van der Waals surface area contributed by atoms with Crippen molar-refractivity contribution < 1.29 is 0 Å². The number of nitrogens with zero attached hydrogens (tertiary/aromatic N) is 2. The third-order valence-electron chi connectivity index (χ3n) is 2.13. The van der Waals surface area contributed by atoms with Crippen LogP contribution in [0.3, 0.4) is 0 Å². The fourth-order valence-electron chi connectivity index (χ4n) is 1.43. The van der Waals surface area contributed by atoms with Gasteiger partial charge >= 0.3 is 0 Å². The average molecular weight is 222 g/mol. The van der Waals surface area contributed by atoms with Crippen molar-refractivity contribution in [2.24, 2.45) is 0 Å². The molecule has 0 aliphatic heterocycles. The summed E-state index contributed by atoms with van der Waals surface area (Å²) in [7, 11) is 0. The zero-order chi connectivity index (χ0) is 11.4. The minimum Gasteiger partial charge on any atom is -0.385 e. The summed E-state index contributed by atoms with van der Waals surface area (Å²) in [6, 6.07) is 3.86. The molecule has 0 saturated heterocycles. The number of hydrogen-bond donors (Lipinski definition) is 2. The first kappa shape index (κ1) is 11.5. The van der Waals surface area contributed by atoms with Gasteiger partial charge in [-0.15, -0.1) is 0 Å². The Balaban J connectivity index is 3.47. The van der Waals surface area contributed by atoms with Gasteiger partial charge in [-0.3, -0.25) is 0 Å². The molecule has 5 heteroatoms. The Morgan fingerprint density at radius 3 is 2.73 bits per heavy atom. The molecule has 0 spiro atoms. The molecule has 1 aromatic heterocycles. The lowest BCUT2D eigenvalue weighted by atomic mass is 10.2. The summed E-state index contributed by atoms with van der Waals surface area (Å²) in [6.45, 7) is 5.31. The predicted octanol–water partition coefficient (Wildman–Crippen LogP) is 2.12. The summed E-state index contributed by atoms with van der Waals surface area (Å²) in [4.78, 5) is 0. The summed E-state index contributed by atoms with van der Waals surface area (Å²) in [5, 5.41) is 12.1. The standard InChI is InChI=1S/C10H14N4S/c1-3-13-8-5-9(12)14(4-2)10(15)7(8)6-11/h5,13H,3-4,12H2,1-2H3. The van der Waals surface area contributed by atoms with Crippen molar-refractivity contribution in [3.05, 3.63) is 16.3 Å². The molecule has 0 aliphatic rings. The Morgan fingerprint density at radius 2 is 2.27 bits per heavy atom. The van der Waals surface area contributed by atoms with E-state index in [1.54, 1.807) is 10.6 Å². The molecule has 80 valence electrons. The van der Waals surface area contributed by atoms with Crippen LogP contribution in [0.4, 0.5) is 11.5 Å². The lowest BCUT2D eigenvalue weighted by Gasteiger charge is -2.13. The molecule has 4 nitrogen and oxygen atoms in total. The van der Waals surface area contributed by atoms with Gasteiger partial charge in [0.05, 0.1) is 5.69 Å². The van der Waals surface area contributed by atoms with Crippen molar-refractivity contribution in [3.8, 4) is 6.07 Å². The van der Waals surface area contributed by atoms with E-state index in [0.717, 1.165) is 6.54 Å². The number of aromatic nitrogens is 1. The van der Waals surface area contributed by atoms with Gasteiger partial charge < -0.3 is 15.6 Å². The van der Waals surface area contributed by atoms with E-state index in [1.165, 1.54) is 0 Å². The Kier molecular flexibility index (Phi) is 3.69. The average Bonchev–Trinajstić information content (AvgIpc) is 2.19. The van der Waals surface area contributed by atoms with Gasteiger partial charge in [0.1, 0.15) is 22.1 Å². The van der Waals surface area contributed by atoms with Crippen LogP contribution in [-0.4, -0.2) is 11.1 Å². The lowest BCUT2D eigenvalue weighted by Crippen LogP contribution is -2.10. The van der Waals surface area contributed by atoms with E-state index in [4.69, 9.17) is 23.2 Å². The molecule has 0 fully saturated rings. The van der Waals surface area contributed by atoms with E-state index in [-0.39, 0.29) is 0 Å². The quantitative estimate of drug-likeness (QED) is 0.769. The second-order valence-corrected chi connectivity index (χ2v) is 3.44. The van der Waals surface area contributed by atoms with E-state index < -0.39 is 0 Å². The Hall–Kier alpha value is -1.54. The van der Waals surface area contributed by atoms with E-state index in [0.29, 0.717) is 28.3 Å². The number of anilines is 2. The first-order valence-electron chi connectivity index (χ1n) is 4.82. The Bertz CT molecular complexity index is 456. The summed E-state index contributed by atoms with van der Waals surface area (Å²) < 4.78 is 2.24. The van der Waals surface area contributed by atoms with Gasteiger partial charge in [-0.05, 0) is 13.8 Å². The zero-order valence-corrected chi connectivity index (χ0v) is 9.69. The van der Waals surface area contributed by atoms with Gasteiger partial charge in [-0.2, -0.15) is 5.26 Å². The maximum Gasteiger partial charge on any atom is 0.127 e. The molecular formula is C10H14N4S. The summed E-state index contributed by atoms with van der Waals surface area (Å²) in [5.74, 6) is 0.581. The minimum atomic E-state index is 0.489. The monoisotopic (exact) mass is 222 g/mol. The maximum atomic E-state index is 9.03. The smallest absolute Gasteiger partial charge is 0.127 e. The predicted molar refractivity (Wildman–Crippen MR) is 64.2 cm³/mol. The number of hydrogen-bond acceptors (Lipinski definition) is 4. The molecule has 1 aromatic rings. The number of rotatable bonds is 3. The molecule has 15 heavy (non-hydrogen) atoms. The van der Waals surface area contributed by atoms with Crippen LogP contribution in [0.15, 0.2) is 6.07 Å². The van der Waals surface area contributed by atoms with Crippen molar-refractivity contribution in [2.75, 3.05) is 17.6 Å². The second kappa shape index (κ2) is 4.80. The van der Waals surface area contributed by atoms with Crippen molar-refractivity contribution in [1.29, 1.82) is 5.26 Å². The number of nitrogens with two attached hydrogens (primary N) is 1. The molecule has 1 heterocycles. The highest BCUT2D eigenvalue weighted by atomic mass is 32.1. The van der Waals surface area contributed by atoms with E-state index in [9.17, 15) is 0 Å². The fourth-order valence-corrected chi connectivity index (χ4v) is 1.82. The first-order valence-corrected chi connectivity index (χ1v) is 5.23. The third kappa shape index (κ3) is 2.10. The number of nitrogens with one attached hydrogen (secondary N) is 1. The van der Waals surface area contributed by atoms with Crippen molar-refractivity contribution in [1.82, 2.24) is 4.57 Å². The fraction of sp³-hybridized carbons (Fsp3) is 0.400. The molecule has 0 unspecified atom stereocenters. The molecule has 0 amide bonds. The van der Waals surface area contributed by atoms with Crippen molar-refractivity contribution in [3.63, 3.8) is 0 Å². The SMILES string of the molecule is CCNc1cc(N)n(CC)c(=S)c1C#N. The van der Waals surface area contributed by atoms with E-state index in [2.05, 4.69) is 11.4 Å². The van der Waals surface area contributed by atoms with Gasteiger partial charge in [-0.1, -0.05) is 12.2 Å². The molecule has 3 N–H and O–H groups in total. The van der Waals surface area contributed by atoms with Crippen molar-refractivity contribution >= 4 is 23.7 Å². The summed E-state index contributed by atoms with van der Waals surface area (Å²) in [6.07, 6.45) is 0. The third-order valence-corrected chi connectivity index (χ3v) is 2.55. The first-order chi connectivity index (χ1) is 7.15. The molecule has 1 rings (SSSR count). The molecule has 0 aromatic carbocycles. The van der Waals surface area contributed by atoms with Crippen LogP contribution in [0.5, 0.6) is 0 Å². The Labute approximate surface area is 94.3 Å². The van der Waals surface area contributed by atoms with E-state index >= 15 is 0 Å². The molecule has 0 bridgehead atoms. The highest BCUT2D eigenvalue weighted by molar-refractivity contribution is 7.71. The topological polar surface area (TPSA) is 66.8 Å². The van der Waals surface area contributed by atoms with Crippen LogP contribution in [0, 0.1) is 16.0 Å². The van der Waals surface area contributed by atoms with Gasteiger partial charge in [0.15, 0.2) is 0 Å². The zero-order valence-electron chi connectivity index (χ0n) is 8.87. The van der Waals surface area contributed by atoms with Gasteiger partial charge in [0.25, 0.3) is 0 Å². The molecule has 0 radical (unpaired) electrons. The van der Waals surface area contributed by atoms with Crippen LogP contribution >= 0.6 is 12.2 Å². The molecular weight excluding hydrogens is 208 g/mol. The Morgan fingerprint density at radius 1 is 1.60 bits per heavy atom. The summed E-state index contributed by atoms with van der Waals surface area (Å²) >= 11 is 5.20. The highest BCUT2D eigenvalue weighted by Crippen LogP contribution is 2.20. The van der Waals surface area contributed by atoms with Crippen molar-refractivity contribution in [2.45, 2.75) is 20.4 Å². The molecule has 0 saturated carbocycles. The largest absolute Gasteiger partial charge is 0.385 e. The maximum absolute atomic E-state index is 9.03. The number of pyridine rings is 1. The second-order valence-electron chi connectivity index (χ2n) is 3.05. The minimum absolute atomic E-state index is 0.489. The van der Waals surface area contributed by atoms with Crippen LogP contribution in [-0.2, 0) is 6.54 Å². The van der Waals surface area contributed by atoms with Gasteiger partial charge in [0, 0.05) is 19.2 Å². The summed E-state index contributed by atoms with van der Waals surface area (Å²) in [5.41, 5.74) is 7.04. The molecule has 0 aliphatic carbocycles. The highest BCUT2D eigenvalue weighted by Gasteiger charge is 2.08. The van der Waals surface area contributed by atoms with Crippen LogP contribution in [0.1, 0.15) is 19.4 Å².